The molecule has 1 aliphatic heterocycles. The summed E-state index contributed by atoms with van der Waals surface area (Å²) in [7, 11) is -2.95. The Bertz CT molecular complexity index is 355. The van der Waals surface area contributed by atoms with Crippen molar-refractivity contribution in [1.82, 2.24) is 0 Å². The second-order valence-electron chi connectivity index (χ2n) is 7.68. The van der Waals surface area contributed by atoms with Gasteiger partial charge in [0.2, 0.25) is 0 Å². The van der Waals surface area contributed by atoms with Gasteiger partial charge >= 0.3 is 0 Å². The van der Waals surface area contributed by atoms with E-state index < -0.39 is 9.84 Å². The lowest BCUT2D eigenvalue weighted by Crippen LogP contribution is -2.37. The highest BCUT2D eigenvalue weighted by molar-refractivity contribution is 7.92. The molecule has 0 amide bonds. The van der Waals surface area contributed by atoms with Crippen LogP contribution < -0.4 is 0 Å². The molecule has 3 heteroatoms. The molecular formula is C14H28O2S. The van der Waals surface area contributed by atoms with Gasteiger partial charge < -0.3 is 0 Å². The minimum Gasteiger partial charge on any atom is -0.229 e. The van der Waals surface area contributed by atoms with Crippen molar-refractivity contribution in [2.45, 2.75) is 66.1 Å². The van der Waals surface area contributed by atoms with Crippen LogP contribution in [0.1, 0.15) is 60.8 Å². The second kappa shape index (κ2) is 4.56. The monoisotopic (exact) mass is 260 g/mol. The van der Waals surface area contributed by atoms with Crippen molar-refractivity contribution in [1.29, 1.82) is 0 Å². The molecule has 0 saturated carbocycles. The molecule has 2 atom stereocenters. The zero-order valence-electron chi connectivity index (χ0n) is 12.2. The van der Waals surface area contributed by atoms with Crippen molar-refractivity contribution in [3.8, 4) is 0 Å². The Balaban J connectivity index is 3.00. The van der Waals surface area contributed by atoms with Gasteiger partial charge in [-0.05, 0) is 29.6 Å². The molecule has 17 heavy (non-hydrogen) atoms. The lowest BCUT2D eigenvalue weighted by molar-refractivity contribution is 0.246. The van der Waals surface area contributed by atoms with Crippen molar-refractivity contribution >= 4 is 9.84 Å². The summed E-state index contributed by atoms with van der Waals surface area (Å²) in [6, 6.07) is 0. The summed E-state index contributed by atoms with van der Waals surface area (Å²) in [6.45, 7) is 12.6. The van der Waals surface area contributed by atoms with Crippen molar-refractivity contribution < 1.29 is 8.42 Å². The Morgan fingerprint density at radius 3 is 1.82 bits per heavy atom. The number of rotatable bonds is 0. The van der Waals surface area contributed by atoms with E-state index in [1.165, 1.54) is 0 Å². The Morgan fingerprint density at radius 2 is 1.41 bits per heavy atom. The highest BCUT2D eigenvalue weighted by Gasteiger charge is 2.41. The topological polar surface area (TPSA) is 34.1 Å². The minimum absolute atomic E-state index is 0.0971. The smallest absolute Gasteiger partial charge is 0.153 e. The van der Waals surface area contributed by atoms with E-state index in [-0.39, 0.29) is 16.1 Å². The van der Waals surface area contributed by atoms with Gasteiger partial charge in [-0.2, -0.15) is 0 Å². The Hall–Kier alpha value is -0.0500. The van der Waals surface area contributed by atoms with Gasteiger partial charge in [0.15, 0.2) is 9.84 Å². The Morgan fingerprint density at radius 1 is 0.882 bits per heavy atom. The van der Waals surface area contributed by atoms with Crippen LogP contribution in [0.5, 0.6) is 0 Å². The maximum absolute atomic E-state index is 12.5. The molecule has 2 unspecified atom stereocenters. The van der Waals surface area contributed by atoms with E-state index in [4.69, 9.17) is 0 Å². The van der Waals surface area contributed by atoms with Crippen molar-refractivity contribution in [2.24, 2.45) is 16.7 Å². The third-order valence-electron chi connectivity index (χ3n) is 4.08. The molecule has 1 aliphatic rings. The van der Waals surface area contributed by atoms with Crippen LogP contribution in [0.2, 0.25) is 0 Å². The standard InChI is InChI=1S/C14H28O2S/c1-13(2,3)11-8-7-9-12(14(4,5)6)17(15,16)10-11/h11-12H,7-10H2,1-6H3. The van der Waals surface area contributed by atoms with E-state index in [2.05, 4.69) is 20.8 Å². The SMILES string of the molecule is CC(C)(C)C1CCCC(C(C)(C)C)S(=O)(=O)C1. The molecule has 1 rings (SSSR count). The summed E-state index contributed by atoms with van der Waals surface area (Å²) in [4.78, 5) is 0. The first-order chi connectivity index (χ1) is 7.44. The average Bonchev–Trinajstić information content (AvgIpc) is 2.20. The van der Waals surface area contributed by atoms with E-state index in [0.29, 0.717) is 11.7 Å². The van der Waals surface area contributed by atoms with Crippen LogP contribution >= 0.6 is 0 Å². The van der Waals surface area contributed by atoms with Crippen LogP contribution in [-0.4, -0.2) is 19.4 Å². The molecule has 2 nitrogen and oxygen atoms in total. The van der Waals surface area contributed by atoms with Gasteiger partial charge in [-0.1, -0.05) is 48.0 Å². The quantitative estimate of drug-likeness (QED) is 0.666. The van der Waals surface area contributed by atoms with Gasteiger partial charge in [0.1, 0.15) is 0 Å². The summed E-state index contributed by atoms with van der Waals surface area (Å²) in [6.07, 6.45) is 2.93. The van der Waals surface area contributed by atoms with Crippen LogP contribution in [0.3, 0.4) is 0 Å². The molecule has 0 N–H and O–H groups in total. The number of hydrogen-bond acceptors (Lipinski definition) is 2. The fourth-order valence-electron chi connectivity index (χ4n) is 2.86. The number of hydrogen-bond donors (Lipinski definition) is 0. The van der Waals surface area contributed by atoms with E-state index >= 15 is 0 Å². The maximum Gasteiger partial charge on any atom is 0.153 e. The molecule has 0 radical (unpaired) electrons. The van der Waals surface area contributed by atoms with Gasteiger partial charge in [0, 0.05) is 0 Å². The molecule has 0 aromatic heterocycles. The van der Waals surface area contributed by atoms with E-state index in [9.17, 15) is 8.42 Å². The van der Waals surface area contributed by atoms with Crippen LogP contribution in [-0.2, 0) is 9.84 Å². The third kappa shape index (κ3) is 3.70. The second-order valence-corrected chi connectivity index (χ2v) is 9.91. The van der Waals surface area contributed by atoms with E-state index in [1.807, 2.05) is 20.8 Å². The van der Waals surface area contributed by atoms with Crippen molar-refractivity contribution in [3.63, 3.8) is 0 Å². The summed E-state index contributed by atoms with van der Waals surface area (Å²) < 4.78 is 25.0. The highest BCUT2D eigenvalue weighted by atomic mass is 32.2. The average molecular weight is 260 g/mol. The van der Waals surface area contributed by atoms with E-state index in [0.717, 1.165) is 19.3 Å². The van der Waals surface area contributed by atoms with Crippen molar-refractivity contribution in [3.05, 3.63) is 0 Å². The molecule has 0 bridgehead atoms. The third-order valence-corrected chi connectivity index (χ3v) is 6.75. The highest BCUT2D eigenvalue weighted by Crippen LogP contribution is 2.39. The first kappa shape index (κ1) is 15.0. The van der Waals surface area contributed by atoms with Crippen LogP contribution in [0, 0.1) is 16.7 Å². The van der Waals surface area contributed by atoms with Gasteiger partial charge in [-0.25, -0.2) is 8.42 Å². The van der Waals surface area contributed by atoms with Gasteiger partial charge in [-0.3, -0.25) is 0 Å². The molecule has 0 aromatic carbocycles. The zero-order chi connectivity index (χ0) is 13.5. The zero-order valence-corrected chi connectivity index (χ0v) is 13.0. The normalized spacial score (nSPS) is 30.9. The summed E-state index contributed by atoms with van der Waals surface area (Å²) in [5.74, 6) is 0.679. The molecule has 1 saturated heterocycles. The Labute approximate surface area is 107 Å². The summed E-state index contributed by atoms with van der Waals surface area (Å²) in [5.41, 5.74) is -0.0363. The minimum atomic E-state index is -2.95. The van der Waals surface area contributed by atoms with Gasteiger partial charge in [-0.15, -0.1) is 0 Å². The predicted octanol–water partition coefficient (Wildman–Crippen LogP) is 3.66. The molecule has 1 heterocycles. The summed E-state index contributed by atoms with van der Waals surface area (Å²) >= 11 is 0. The molecule has 0 aromatic rings. The first-order valence-corrected chi connectivity index (χ1v) is 8.38. The Kier molecular flexibility index (Phi) is 4.03. The molecule has 0 aliphatic carbocycles. The molecule has 1 fully saturated rings. The van der Waals surface area contributed by atoms with Crippen LogP contribution in [0.15, 0.2) is 0 Å². The van der Waals surface area contributed by atoms with E-state index in [1.54, 1.807) is 0 Å². The lowest BCUT2D eigenvalue weighted by Gasteiger charge is -2.31. The fraction of sp³-hybridized carbons (Fsp3) is 1.00. The van der Waals surface area contributed by atoms with Crippen LogP contribution in [0.4, 0.5) is 0 Å². The van der Waals surface area contributed by atoms with Crippen LogP contribution in [0.25, 0.3) is 0 Å². The number of sulfone groups is 1. The lowest BCUT2D eigenvalue weighted by atomic mass is 9.78. The largest absolute Gasteiger partial charge is 0.229 e. The van der Waals surface area contributed by atoms with Gasteiger partial charge in [0.05, 0.1) is 11.0 Å². The van der Waals surface area contributed by atoms with Crippen molar-refractivity contribution in [2.75, 3.05) is 5.75 Å². The maximum atomic E-state index is 12.5. The predicted molar refractivity (Wildman–Crippen MR) is 73.8 cm³/mol. The molecule has 0 spiro atoms. The molecular weight excluding hydrogens is 232 g/mol. The summed E-state index contributed by atoms with van der Waals surface area (Å²) in [5, 5.41) is -0.164. The molecule has 102 valence electrons. The fourth-order valence-corrected chi connectivity index (χ4v) is 5.93. The first-order valence-electron chi connectivity index (χ1n) is 6.66. The van der Waals surface area contributed by atoms with Gasteiger partial charge in [0.25, 0.3) is 0 Å².